The summed E-state index contributed by atoms with van der Waals surface area (Å²) in [6.45, 7) is 0. The van der Waals surface area contributed by atoms with Crippen molar-refractivity contribution in [3.8, 4) is 23.0 Å². The van der Waals surface area contributed by atoms with Crippen LogP contribution in [0.1, 0.15) is 11.1 Å². The second kappa shape index (κ2) is 6.68. The number of phenols is 1. The number of hydrogen-bond acceptors (Lipinski definition) is 5. The molecule has 0 fully saturated rings. The Bertz CT molecular complexity index is 892. The number of ether oxygens (including phenoxy) is 3. The normalized spacial score (nSPS) is 14.2. The second-order valence-corrected chi connectivity index (χ2v) is 6.17. The molecule has 130 valence electrons. The Morgan fingerprint density at radius 1 is 1.04 bits per heavy atom. The fraction of sp³-hybridized carbons (Fsp3) is 0.167. The van der Waals surface area contributed by atoms with E-state index in [0.29, 0.717) is 44.1 Å². The van der Waals surface area contributed by atoms with Crippen LogP contribution < -0.4 is 19.5 Å². The molecule has 0 saturated carbocycles. The number of hydrogen-bond donors (Lipinski definition) is 2. The molecule has 1 aliphatic heterocycles. The van der Waals surface area contributed by atoms with E-state index in [9.17, 15) is 9.90 Å². The van der Waals surface area contributed by atoms with Crippen molar-refractivity contribution in [2.24, 2.45) is 0 Å². The molecule has 0 radical (unpaired) electrons. The molecular weight excluding hydrogens is 390 g/mol. The standard InChI is InChI=1S/C18H16BrNO5/c1-23-10-4-9(17(21)13(19)6-10)5-12-11-7-15(24-2)16(25-3)8-14(11)20-18(12)22/h4-8,21H,1-3H3,(H,20,22)/b12-5+. The SMILES string of the molecule is COc1cc(Br)c(O)c(/C=C2/C(=O)Nc3cc(OC)c(OC)cc32)c1. The van der Waals surface area contributed by atoms with Crippen molar-refractivity contribution in [2.75, 3.05) is 26.6 Å². The molecule has 6 nitrogen and oxygen atoms in total. The molecule has 0 bridgehead atoms. The summed E-state index contributed by atoms with van der Waals surface area (Å²) in [4.78, 5) is 12.4. The first-order chi connectivity index (χ1) is 12.0. The summed E-state index contributed by atoms with van der Waals surface area (Å²) in [5.41, 5.74) is 2.15. The van der Waals surface area contributed by atoms with E-state index >= 15 is 0 Å². The van der Waals surface area contributed by atoms with Crippen molar-refractivity contribution >= 4 is 39.2 Å². The monoisotopic (exact) mass is 405 g/mol. The Balaban J connectivity index is 2.16. The van der Waals surface area contributed by atoms with Gasteiger partial charge < -0.3 is 24.6 Å². The van der Waals surface area contributed by atoms with Crippen molar-refractivity contribution in [1.29, 1.82) is 0 Å². The van der Waals surface area contributed by atoms with Gasteiger partial charge in [0.15, 0.2) is 11.5 Å². The minimum atomic E-state index is -0.274. The number of carbonyl (C=O) groups is 1. The zero-order valence-electron chi connectivity index (χ0n) is 13.8. The number of amides is 1. The van der Waals surface area contributed by atoms with Gasteiger partial charge in [-0.05, 0) is 40.2 Å². The summed E-state index contributed by atoms with van der Waals surface area (Å²) in [5, 5.41) is 13.1. The molecule has 3 rings (SSSR count). The van der Waals surface area contributed by atoms with Gasteiger partial charge in [0.1, 0.15) is 11.5 Å². The van der Waals surface area contributed by atoms with Gasteiger partial charge >= 0.3 is 0 Å². The highest BCUT2D eigenvalue weighted by molar-refractivity contribution is 9.10. The highest BCUT2D eigenvalue weighted by Gasteiger charge is 2.27. The van der Waals surface area contributed by atoms with E-state index < -0.39 is 0 Å². The van der Waals surface area contributed by atoms with E-state index in [1.807, 2.05) is 0 Å². The summed E-state index contributed by atoms with van der Waals surface area (Å²) in [7, 11) is 4.59. The summed E-state index contributed by atoms with van der Waals surface area (Å²) in [6.07, 6.45) is 1.61. The van der Waals surface area contributed by atoms with Crippen LogP contribution in [0.15, 0.2) is 28.7 Å². The first kappa shape index (κ1) is 17.2. The maximum atomic E-state index is 12.4. The van der Waals surface area contributed by atoms with Crippen LogP contribution in [0.2, 0.25) is 0 Å². The maximum absolute atomic E-state index is 12.4. The third-order valence-corrected chi connectivity index (χ3v) is 4.51. The van der Waals surface area contributed by atoms with Gasteiger partial charge in [-0.2, -0.15) is 0 Å². The number of carbonyl (C=O) groups excluding carboxylic acids is 1. The molecule has 1 amide bonds. The van der Waals surface area contributed by atoms with E-state index in [2.05, 4.69) is 21.2 Å². The first-order valence-corrected chi connectivity index (χ1v) is 8.13. The number of aromatic hydroxyl groups is 1. The molecule has 0 aliphatic carbocycles. The van der Waals surface area contributed by atoms with Crippen LogP contribution in [-0.2, 0) is 4.79 Å². The lowest BCUT2D eigenvalue weighted by atomic mass is 10.0. The van der Waals surface area contributed by atoms with Gasteiger partial charge in [0.2, 0.25) is 0 Å². The molecule has 0 saturated heterocycles. The van der Waals surface area contributed by atoms with Crippen molar-refractivity contribution < 1.29 is 24.1 Å². The van der Waals surface area contributed by atoms with Crippen LogP contribution in [-0.4, -0.2) is 32.3 Å². The average Bonchev–Trinajstić information content (AvgIpc) is 2.91. The molecule has 1 aliphatic rings. The molecule has 0 atom stereocenters. The zero-order valence-corrected chi connectivity index (χ0v) is 15.4. The highest BCUT2D eigenvalue weighted by atomic mass is 79.9. The summed E-state index contributed by atoms with van der Waals surface area (Å²) in [5.74, 6) is 1.34. The molecule has 0 unspecified atom stereocenters. The van der Waals surface area contributed by atoms with Gasteiger partial charge in [-0.25, -0.2) is 0 Å². The molecule has 0 spiro atoms. The van der Waals surface area contributed by atoms with Crippen molar-refractivity contribution in [3.63, 3.8) is 0 Å². The Labute approximate surface area is 153 Å². The number of rotatable bonds is 4. The Kier molecular flexibility index (Phi) is 4.59. The second-order valence-electron chi connectivity index (χ2n) is 5.31. The third-order valence-electron chi connectivity index (χ3n) is 3.91. The van der Waals surface area contributed by atoms with Crippen molar-refractivity contribution in [2.45, 2.75) is 0 Å². The Morgan fingerprint density at radius 2 is 1.72 bits per heavy atom. The fourth-order valence-corrected chi connectivity index (χ4v) is 3.09. The van der Waals surface area contributed by atoms with Crippen molar-refractivity contribution in [3.05, 3.63) is 39.9 Å². The minimum absolute atomic E-state index is 0.0232. The Morgan fingerprint density at radius 3 is 2.36 bits per heavy atom. The first-order valence-electron chi connectivity index (χ1n) is 7.34. The summed E-state index contributed by atoms with van der Waals surface area (Å²) >= 11 is 3.28. The fourth-order valence-electron chi connectivity index (χ4n) is 2.64. The van der Waals surface area contributed by atoms with E-state index in [0.717, 1.165) is 0 Å². The summed E-state index contributed by atoms with van der Waals surface area (Å²) < 4.78 is 16.3. The number of phenolic OH excluding ortho intramolecular Hbond substituents is 1. The molecule has 2 aromatic rings. The number of halogens is 1. The Hall–Kier alpha value is -2.67. The topological polar surface area (TPSA) is 77.0 Å². The quantitative estimate of drug-likeness (QED) is 0.758. The molecule has 0 aromatic heterocycles. The summed E-state index contributed by atoms with van der Waals surface area (Å²) in [6, 6.07) is 6.73. The average molecular weight is 406 g/mol. The van der Waals surface area contributed by atoms with Crippen LogP contribution in [0.4, 0.5) is 5.69 Å². The molecule has 2 aromatic carbocycles. The van der Waals surface area contributed by atoms with E-state index in [1.165, 1.54) is 21.3 Å². The molecule has 1 heterocycles. The predicted molar refractivity (Wildman–Crippen MR) is 98.4 cm³/mol. The molecular formula is C18H16BrNO5. The van der Waals surface area contributed by atoms with Crippen LogP contribution in [0.3, 0.4) is 0 Å². The highest BCUT2D eigenvalue weighted by Crippen LogP contribution is 2.42. The maximum Gasteiger partial charge on any atom is 0.256 e. The smallest absolute Gasteiger partial charge is 0.256 e. The minimum Gasteiger partial charge on any atom is -0.506 e. The number of fused-ring (bicyclic) bond motifs is 1. The van der Waals surface area contributed by atoms with E-state index in [1.54, 1.807) is 30.3 Å². The number of methoxy groups -OCH3 is 3. The van der Waals surface area contributed by atoms with Crippen LogP contribution >= 0.6 is 15.9 Å². The lowest BCUT2D eigenvalue weighted by Crippen LogP contribution is -2.03. The van der Waals surface area contributed by atoms with E-state index in [-0.39, 0.29) is 11.7 Å². The van der Waals surface area contributed by atoms with Gasteiger partial charge in [-0.1, -0.05) is 0 Å². The number of anilines is 1. The predicted octanol–water partition coefficient (Wildman–Crippen LogP) is 3.67. The van der Waals surface area contributed by atoms with Gasteiger partial charge in [0.25, 0.3) is 5.91 Å². The van der Waals surface area contributed by atoms with Crippen LogP contribution in [0.5, 0.6) is 23.0 Å². The zero-order chi connectivity index (χ0) is 18.1. The van der Waals surface area contributed by atoms with Crippen LogP contribution in [0.25, 0.3) is 11.6 Å². The molecule has 25 heavy (non-hydrogen) atoms. The lowest BCUT2D eigenvalue weighted by molar-refractivity contribution is -0.110. The number of benzene rings is 2. The van der Waals surface area contributed by atoms with Gasteiger partial charge in [-0.3, -0.25) is 4.79 Å². The van der Waals surface area contributed by atoms with Crippen LogP contribution in [0, 0.1) is 0 Å². The number of nitrogens with one attached hydrogen (secondary N) is 1. The van der Waals surface area contributed by atoms with Gasteiger partial charge in [0.05, 0.1) is 31.5 Å². The van der Waals surface area contributed by atoms with E-state index in [4.69, 9.17) is 14.2 Å². The lowest BCUT2D eigenvalue weighted by Gasteiger charge is -2.10. The van der Waals surface area contributed by atoms with Gasteiger partial charge in [0, 0.05) is 22.8 Å². The van der Waals surface area contributed by atoms with Crippen molar-refractivity contribution in [1.82, 2.24) is 0 Å². The molecule has 2 N–H and O–H groups in total. The molecule has 7 heteroatoms. The largest absolute Gasteiger partial charge is 0.506 e. The third kappa shape index (κ3) is 3.02. The van der Waals surface area contributed by atoms with Gasteiger partial charge in [-0.15, -0.1) is 0 Å².